The van der Waals surface area contributed by atoms with Gasteiger partial charge >= 0.3 is 0 Å². The maximum Gasteiger partial charge on any atom is 0.174 e. The van der Waals surface area contributed by atoms with Crippen LogP contribution in [0.5, 0.6) is 5.75 Å². The zero-order valence-corrected chi connectivity index (χ0v) is 15.8. The zero-order chi connectivity index (χ0) is 20.7. The molecule has 0 unspecified atom stereocenters. The van der Waals surface area contributed by atoms with E-state index in [0.29, 0.717) is 16.8 Å². The number of benzene rings is 3. The molecule has 0 fully saturated rings. The van der Waals surface area contributed by atoms with E-state index < -0.39 is 5.82 Å². The largest absolute Gasteiger partial charge is 0.494 e. The van der Waals surface area contributed by atoms with Crippen LogP contribution in [0.1, 0.15) is 0 Å². The smallest absolute Gasteiger partial charge is 0.174 e. The van der Waals surface area contributed by atoms with E-state index in [0.717, 1.165) is 22.3 Å². The fourth-order valence-corrected chi connectivity index (χ4v) is 3.43. The highest BCUT2D eigenvalue weighted by Crippen LogP contribution is 2.34. The molecule has 0 radical (unpaired) electrons. The van der Waals surface area contributed by atoms with Crippen LogP contribution in [0.4, 0.5) is 8.78 Å². The monoisotopic (exact) mass is 403 g/mol. The van der Waals surface area contributed by atoms with Crippen molar-refractivity contribution in [3.63, 3.8) is 0 Å². The molecule has 0 aliphatic heterocycles. The molecule has 0 saturated carbocycles. The van der Waals surface area contributed by atoms with Crippen LogP contribution >= 0.6 is 0 Å². The first-order valence-electron chi connectivity index (χ1n) is 9.18. The van der Waals surface area contributed by atoms with E-state index in [1.807, 2.05) is 24.3 Å². The molecule has 148 valence electrons. The molecular formula is C23H15F2N3O2. The Bertz CT molecular complexity index is 1360. The normalized spacial score (nSPS) is 11.2. The Kier molecular flexibility index (Phi) is 4.28. The Morgan fingerprint density at radius 3 is 2.47 bits per heavy atom. The summed E-state index contributed by atoms with van der Waals surface area (Å²) in [6.07, 6.45) is 1.68. The van der Waals surface area contributed by atoms with Gasteiger partial charge in [0.15, 0.2) is 17.3 Å². The molecule has 0 N–H and O–H groups in total. The van der Waals surface area contributed by atoms with Crippen LogP contribution in [0.15, 0.2) is 77.4 Å². The fraction of sp³-hybridized carbons (Fsp3) is 0.0435. The van der Waals surface area contributed by atoms with Crippen LogP contribution in [0.25, 0.3) is 39.2 Å². The van der Waals surface area contributed by atoms with Gasteiger partial charge in [0.2, 0.25) is 0 Å². The van der Waals surface area contributed by atoms with Gasteiger partial charge in [-0.1, -0.05) is 11.2 Å². The first-order chi connectivity index (χ1) is 14.6. The van der Waals surface area contributed by atoms with Crippen molar-refractivity contribution in [2.45, 2.75) is 0 Å². The second-order valence-corrected chi connectivity index (χ2v) is 6.70. The highest BCUT2D eigenvalue weighted by molar-refractivity contribution is 5.94. The second kappa shape index (κ2) is 7.11. The van der Waals surface area contributed by atoms with Gasteiger partial charge in [-0.2, -0.15) is 5.10 Å². The van der Waals surface area contributed by atoms with Crippen molar-refractivity contribution < 1.29 is 18.0 Å². The SMILES string of the molecule is COc1ccc(-c2onc3ccc(-c4ccnn4-c4ccc(F)cc4)cc23)cc1F. The lowest BCUT2D eigenvalue weighted by Crippen LogP contribution is -1.98. The Morgan fingerprint density at radius 2 is 1.70 bits per heavy atom. The van der Waals surface area contributed by atoms with Gasteiger partial charge < -0.3 is 9.26 Å². The fourth-order valence-electron chi connectivity index (χ4n) is 3.43. The summed E-state index contributed by atoms with van der Waals surface area (Å²) in [5.74, 6) is -0.174. The molecule has 0 amide bonds. The molecule has 30 heavy (non-hydrogen) atoms. The highest BCUT2D eigenvalue weighted by Gasteiger charge is 2.16. The summed E-state index contributed by atoms with van der Waals surface area (Å²) in [5, 5.41) is 9.19. The first kappa shape index (κ1) is 18.1. The third-order valence-corrected chi connectivity index (χ3v) is 4.90. The summed E-state index contributed by atoms with van der Waals surface area (Å²) in [6.45, 7) is 0. The van der Waals surface area contributed by atoms with Gasteiger partial charge in [0.05, 0.1) is 30.1 Å². The average molecular weight is 403 g/mol. The summed E-state index contributed by atoms with van der Waals surface area (Å²) in [7, 11) is 1.42. The molecule has 5 nitrogen and oxygen atoms in total. The molecule has 0 atom stereocenters. The van der Waals surface area contributed by atoms with Crippen LogP contribution in [0.3, 0.4) is 0 Å². The molecule has 0 aliphatic carbocycles. The quantitative estimate of drug-likeness (QED) is 0.390. The van der Waals surface area contributed by atoms with Crippen LogP contribution in [0, 0.1) is 11.6 Å². The van der Waals surface area contributed by atoms with E-state index in [2.05, 4.69) is 10.3 Å². The van der Waals surface area contributed by atoms with Crippen molar-refractivity contribution in [3.05, 3.63) is 84.6 Å². The standard InChI is InChI=1S/C23H15F2N3O2/c1-29-22-9-3-15(13-19(22)25)23-18-12-14(2-8-20(18)27-30-23)21-10-11-26-28(21)17-6-4-16(24)5-7-17/h2-13H,1H3. The Labute approximate surface area is 170 Å². The van der Waals surface area contributed by atoms with E-state index in [1.54, 1.807) is 35.1 Å². The number of aromatic nitrogens is 3. The maximum atomic E-state index is 14.2. The minimum Gasteiger partial charge on any atom is -0.494 e. The van der Waals surface area contributed by atoms with E-state index in [4.69, 9.17) is 9.26 Å². The summed E-state index contributed by atoms with van der Waals surface area (Å²) >= 11 is 0. The third kappa shape index (κ3) is 3.00. The third-order valence-electron chi connectivity index (χ3n) is 4.90. The van der Waals surface area contributed by atoms with Gasteiger partial charge in [0, 0.05) is 11.1 Å². The van der Waals surface area contributed by atoms with E-state index in [9.17, 15) is 8.78 Å². The molecule has 0 bridgehead atoms. The molecule has 5 rings (SSSR count). The molecule has 0 aliphatic rings. The topological polar surface area (TPSA) is 53.1 Å². The summed E-state index contributed by atoms with van der Waals surface area (Å²) in [5.41, 5.74) is 3.62. The van der Waals surface area contributed by atoms with Crippen LogP contribution < -0.4 is 4.74 Å². The predicted octanol–water partition coefficient (Wildman–Crippen LogP) is 5.63. The van der Waals surface area contributed by atoms with E-state index >= 15 is 0 Å². The van der Waals surface area contributed by atoms with Gasteiger partial charge in [0.25, 0.3) is 0 Å². The average Bonchev–Trinajstić information content (AvgIpc) is 3.41. The molecule has 2 heterocycles. The second-order valence-electron chi connectivity index (χ2n) is 6.70. The maximum absolute atomic E-state index is 14.2. The molecule has 7 heteroatoms. The number of hydrogen-bond donors (Lipinski definition) is 0. The molecule has 5 aromatic rings. The van der Waals surface area contributed by atoms with Gasteiger partial charge in [-0.15, -0.1) is 0 Å². The van der Waals surface area contributed by atoms with Crippen LogP contribution in [-0.4, -0.2) is 22.0 Å². The predicted molar refractivity (Wildman–Crippen MR) is 108 cm³/mol. The van der Waals surface area contributed by atoms with E-state index in [1.165, 1.54) is 25.3 Å². The number of hydrogen-bond acceptors (Lipinski definition) is 4. The summed E-state index contributed by atoms with van der Waals surface area (Å²) < 4.78 is 39.7. The number of halogens is 2. The van der Waals surface area contributed by atoms with Crippen LogP contribution in [0.2, 0.25) is 0 Å². The molecule has 2 aromatic heterocycles. The van der Waals surface area contributed by atoms with Crippen molar-refractivity contribution >= 4 is 10.9 Å². The number of methoxy groups -OCH3 is 1. The van der Waals surface area contributed by atoms with Crippen molar-refractivity contribution in [3.8, 4) is 34.0 Å². The number of nitrogens with zero attached hydrogens (tertiary/aromatic N) is 3. The first-order valence-corrected chi connectivity index (χ1v) is 9.18. The number of ether oxygens (including phenoxy) is 1. The van der Waals surface area contributed by atoms with Crippen molar-refractivity contribution in [1.29, 1.82) is 0 Å². The Balaban J connectivity index is 1.62. The van der Waals surface area contributed by atoms with Gasteiger partial charge in [-0.3, -0.25) is 0 Å². The Morgan fingerprint density at radius 1 is 0.900 bits per heavy atom. The number of rotatable bonds is 4. The lowest BCUT2D eigenvalue weighted by Gasteiger charge is -2.08. The molecular weight excluding hydrogens is 388 g/mol. The lowest BCUT2D eigenvalue weighted by molar-refractivity contribution is 0.386. The van der Waals surface area contributed by atoms with Crippen LogP contribution in [-0.2, 0) is 0 Å². The lowest BCUT2D eigenvalue weighted by atomic mass is 10.0. The Hall–Kier alpha value is -4.00. The van der Waals surface area contributed by atoms with Gasteiger partial charge in [0.1, 0.15) is 11.3 Å². The summed E-state index contributed by atoms with van der Waals surface area (Å²) in [4.78, 5) is 0. The van der Waals surface area contributed by atoms with E-state index in [-0.39, 0.29) is 11.6 Å². The van der Waals surface area contributed by atoms with Crippen molar-refractivity contribution in [2.24, 2.45) is 0 Å². The molecule has 3 aromatic carbocycles. The van der Waals surface area contributed by atoms with Gasteiger partial charge in [-0.25, -0.2) is 13.5 Å². The van der Waals surface area contributed by atoms with Crippen molar-refractivity contribution in [1.82, 2.24) is 14.9 Å². The van der Waals surface area contributed by atoms with Gasteiger partial charge in [-0.05, 0) is 60.7 Å². The minimum absolute atomic E-state index is 0.159. The highest BCUT2D eigenvalue weighted by atomic mass is 19.1. The summed E-state index contributed by atoms with van der Waals surface area (Å²) in [6, 6.07) is 18.2. The van der Waals surface area contributed by atoms with Crippen molar-refractivity contribution in [2.75, 3.05) is 7.11 Å². The number of fused-ring (bicyclic) bond motifs is 1. The molecule has 0 spiro atoms. The zero-order valence-electron chi connectivity index (χ0n) is 15.8. The minimum atomic E-state index is -0.481. The molecule has 0 saturated heterocycles.